The molecule has 0 saturated carbocycles. The van der Waals surface area contributed by atoms with Gasteiger partial charge in [0.15, 0.2) is 0 Å². The number of hydrogen-bond acceptors (Lipinski definition) is 1. The Kier molecular flexibility index (Phi) is 3.28. The van der Waals surface area contributed by atoms with E-state index in [0.29, 0.717) is 6.04 Å². The van der Waals surface area contributed by atoms with Gasteiger partial charge in [0.2, 0.25) is 5.91 Å². The monoisotopic (exact) mass is 217 g/mol. The number of rotatable bonds is 2. The smallest absolute Gasteiger partial charge is 0.225 e. The van der Waals surface area contributed by atoms with Crippen molar-refractivity contribution in [1.82, 2.24) is 4.90 Å². The molecule has 0 aromatic heterocycles. The van der Waals surface area contributed by atoms with E-state index in [-0.39, 0.29) is 11.8 Å². The second-order valence-electron chi connectivity index (χ2n) is 4.76. The van der Waals surface area contributed by atoms with E-state index in [1.807, 2.05) is 36.9 Å². The van der Waals surface area contributed by atoms with Gasteiger partial charge in [0.25, 0.3) is 0 Å². The maximum absolute atomic E-state index is 12.1. The van der Waals surface area contributed by atoms with E-state index in [4.69, 9.17) is 0 Å². The number of carbonyl (C=O) groups is 1. The molecule has 0 aliphatic carbocycles. The summed E-state index contributed by atoms with van der Waals surface area (Å²) in [7, 11) is 0. The molecule has 1 aliphatic heterocycles. The molecule has 0 radical (unpaired) electrons. The van der Waals surface area contributed by atoms with Crippen molar-refractivity contribution in [3.05, 3.63) is 35.9 Å². The molecule has 1 fully saturated rings. The highest BCUT2D eigenvalue weighted by Gasteiger charge is 2.30. The quantitative estimate of drug-likeness (QED) is 0.745. The molecule has 1 saturated heterocycles. The first-order chi connectivity index (χ1) is 7.70. The van der Waals surface area contributed by atoms with Crippen LogP contribution in [0.15, 0.2) is 30.3 Å². The van der Waals surface area contributed by atoms with E-state index in [1.165, 1.54) is 5.56 Å². The zero-order valence-corrected chi connectivity index (χ0v) is 10.0. The summed E-state index contributed by atoms with van der Waals surface area (Å²) < 4.78 is 0. The molecule has 0 unspecified atom stereocenters. The number of carbonyl (C=O) groups excluding carboxylic acids is 1. The van der Waals surface area contributed by atoms with Crippen LogP contribution in [0, 0.1) is 5.92 Å². The molecule has 1 atom stereocenters. The van der Waals surface area contributed by atoms with Crippen molar-refractivity contribution < 1.29 is 4.79 Å². The van der Waals surface area contributed by atoms with Gasteiger partial charge in [-0.3, -0.25) is 4.79 Å². The van der Waals surface area contributed by atoms with Crippen molar-refractivity contribution in [2.24, 2.45) is 5.92 Å². The Morgan fingerprint density at radius 3 is 2.62 bits per heavy atom. The predicted octanol–water partition coefficient (Wildman–Crippen LogP) is 3.01. The lowest BCUT2D eigenvalue weighted by atomic mass is 10.0. The normalized spacial score (nSPS) is 20.4. The third-order valence-corrected chi connectivity index (χ3v) is 3.21. The van der Waals surface area contributed by atoms with Gasteiger partial charge in [-0.2, -0.15) is 0 Å². The van der Waals surface area contributed by atoms with E-state index in [1.54, 1.807) is 0 Å². The van der Waals surface area contributed by atoms with Gasteiger partial charge in [-0.1, -0.05) is 44.2 Å². The van der Waals surface area contributed by atoms with E-state index in [9.17, 15) is 4.79 Å². The van der Waals surface area contributed by atoms with Gasteiger partial charge in [0.1, 0.15) is 0 Å². The van der Waals surface area contributed by atoms with Crippen molar-refractivity contribution >= 4 is 5.91 Å². The second kappa shape index (κ2) is 4.69. The molecule has 86 valence electrons. The molecule has 1 amide bonds. The Labute approximate surface area is 97.3 Å². The first-order valence-electron chi connectivity index (χ1n) is 6.05. The van der Waals surface area contributed by atoms with Crippen LogP contribution in [0.25, 0.3) is 0 Å². The standard InChI is InChI=1S/C14H19NO/c1-11(2)14(16)15-10-6-9-13(15)12-7-4-3-5-8-12/h3-5,7-8,11,13H,6,9-10H2,1-2H3/t13-/m1/s1. The van der Waals surface area contributed by atoms with Gasteiger partial charge in [0, 0.05) is 12.5 Å². The highest BCUT2D eigenvalue weighted by molar-refractivity contribution is 5.78. The van der Waals surface area contributed by atoms with Crippen LogP contribution < -0.4 is 0 Å². The van der Waals surface area contributed by atoms with Crippen LogP contribution in [0.5, 0.6) is 0 Å². The molecular weight excluding hydrogens is 198 g/mol. The molecule has 16 heavy (non-hydrogen) atoms. The Bertz CT molecular complexity index is 358. The molecule has 0 bridgehead atoms. The fourth-order valence-corrected chi connectivity index (χ4v) is 2.38. The largest absolute Gasteiger partial charge is 0.335 e. The summed E-state index contributed by atoms with van der Waals surface area (Å²) in [5, 5.41) is 0. The number of likely N-dealkylation sites (tertiary alicyclic amines) is 1. The highest BCUT2D eigenvalue weighted by Crippen LogP contribution is 2.32. The number of nitrogens with zero attached hydrogens (tertiary/aromatic N) is 1. The SMILES string of the molecule is CC(C)C(=O)N1CCC[C@@H]1c1ccccc1. The minimum absolute atomic E-state index is 0.101. The van der Waals surface area contributed by atoms with E-state index < -0.39 is 0 Å². The van der Waals surface area contributed by atoms with Crippen molar-refractivity contribution in [1.29, 1.82) is 0 Å². The molecule has 2 heteroatoms. The fraction of sp³-hybridized carbons (Fsp3) is 0.500. The summed E-state index contributed by atoms with van der Waals surface area (Å²) in [5.74, 6) is 0.385. The summed E-state index contributed by atoms with van der Waals surface area (Å²) in [6.45, 7) is 4.86. The number of hydrogen-bond donors (Lipinski definition) is 0. The summed E-state index contributed by atoms with van der Waals surface area (Å²) >= 11 is 0. The molecular formula is C14H19NO. The molecule has 1 aliphatic rings. The van der Waals surface area contributed by atoms with Crippen molar-refractivity contribution in [3.8, 4) is 0 Å². The lowest BCUT2D eigenvalue weighted by Crippen LogP contribution is -2.33. The van der Waals surface area contributed by atoms with Gasteiger partial charge in [-0.25, -0.2) is 0 Å². The lowest BCUT2D eigenvalue weighted by Gasteiger charge is -2.26. The van der Waals surface area contributed by atoms with Crippen LogP contribution in [0.4, 0.5) is 0 Å². The van der Waals surface area contributed by atoms with Crippen LogP contribution >= 0.6 is 0 Å². The highest BCUT2D eigenvalue weighted by atomic mass is 16.2. The van der Waals surface area contributed by atoms with Gasteiger partial charge < -0.3 is 4.90 Å². The zero-order chi connectivity index (χ0) is 11.5. The molecule has 1 aromatic carbocycles. The van der Waals surface area contributed by atoms with Gasteiger partial charge in [-0.15, -0.1) is 0 Å². The van der Waals surface area contributed by atoms with Crippen LogP contribution in [-0.4, -0.2) is 17.4 Å². The maximum Gasteiger partial charge on any atom is 0.225 e. The molecule has 0 spiro atoms. The van der Waals surface area contributed by atoms with Crippen molar-refractivity contribution in [2.45, 2.75) is 32.7 Å². The van der Waals surface area contributed by atoms with Crippen molar-refractivity contribution in [3.63, 3.8) is 0 Å². The molecule has 1 aromatic rings. The summed E-state index contributed by atoms with van der Waals surface area (Å²) in [6.07, 6.45) is 2.22. The van der Waals surface area contributed by atoms with E-state index in [0.717, 1.165) is 19.4 Å². The second-order valence-corrected chi connectivity index (χ2v) is 4.76. The Balaban J connectivity index is 2.19. The fourth-order valence-electron chi connectivity index (χ4n) is 2.38. The van der Waals surface area contributed by atoms with Crippen LogP contribution in [0.1, 0.15) is 38.3 Å². The maximum atomic E-state index is 12.1. The van der Waals surface area contributed by atoms with Crippen LogP contribution in [0.3, 0.4) is 0 Å². The third kappa shape index (κ3) is 2.11. The van der Waals surface area contributed by atoms with Gasteiger partial charge in [0.05, 0.1) is 6.04 Å². The lowest BCUT2D eigenvalue weighted by molar-refractivity contribution is -0.135. The average Bonchev–Trinajstić information content (AvgIpc) is 2.77. The van der Waals surface area contributed by atoms with Crippen molar-refractivity contribution in [2.75, 3.05) is 6.54 Å². The molecule has 2 nitrogen and oxygen atoms in total. The van der Waals surface area contributed by atoms with Crippen LogP contribution in [0.2, 0.25) is 0 Å². The first kappa shape index (κ1) is 11.2. The van der Waals surface area contributed by atoms with E-state index >= 15 is 0 Å². The first-order valence-corrected chi connectivity index (χ1v) is 6.05. The molecule has 1 heterocycles. The third-order valence-electron chi connectivity index (χ3n) is 3.21. The Morgan fingerprint density at radius 2 is 2.00 bits per heavy atom. The predicted molar refractivity (Wildman–Crippen MR) is 65.0 cm³/mol. The van der Waals surface area contributed by atoms with Gasteiger partial charge >= 0.3 is 0 Å². The van der Waals surface area contributed by atoms with E-state index in [2.05, 4.69) is 12.1 Å². The number of benzene rings is 1. The Hall–Kier alpha value is -1.31. The van der Waals surface area contributed by atoms with Crippen LogP contribution in [-0.2, 0) is 4.79 Å². The summed E-state index contributed by atoms with van der Waals surface area (Å²) in [5.41, 5.74) is 1.27. The molecule has 2 rings (SSSR count). The average molecular weight is 217 g/mol. The Morgan fingerprint density at radius 1 is 1.31 bits per heavy atom. The zero-order valence-electron chi connectivity index (χ0n) is 10.0. The minimum atomic E-state index is 0.101. The summed E-state index contributed by atoms with van der Waals surface area (Å²) in [4.78, 5) is 14.1. The van der Waals surface area contributed by atoms with Gasteiger partial charge in [-0.05, 0) is 18.4 Å². The topological polar surface area (TPSA) is 20.3 Å². The summed E-state index contributed by atoms with van der Waals surface area (Å²) in [6, 6.07) is 10.7. The minimum Gasteiger partial charge on any atom is -0.335 e. The number of amides is 1. The molecule has 0 N–H and O–H groups in total.